The molecule has 1 amide bonds. The summed E-state index contributed by atoms with van der Waals surface area (Å²) in [5, 5.41) is 4.16. The Morgan fingerprint density at radius 2 is 2.14 bits per heavy atom. The van der Waals surface area contributed by atoms with E-state index in [1.165, 1.54) is 12.0 Å². The molecule has 0 unspecified atom stereocenters. The van der Waals surface area contributed by atoms with E-state index in [0.29, 0.717) is 38.7 Å². The van der Waals surface area contributed by atoms with Crippen molar-refractivity contribution in [1.82, 2.24) is 10.2 Å². The van der Waals surface area contributed by atoms with Gasteiger partial charge in [-0.25, -0.2) is 0 Å². The van der Waals surface area contributed by atoms with E-state index in [-0.39, 0.29) is 5.91 Å². The number of carbonyl (C=O) groups is 1. The van der Waals surface area contributed by atoms with Gasteiger partial charge in [0.25, 0.3) is 5.91 Å². The summed E-state index contributed by atoms with van der Waals surface area (Å²) >= 11 is 17.2. The van der Waals surface area contributed by atoms with Crippen molar-refractivity contribution >= 4 is 52.5 Å². The number of hydrogen-bond acceptors (Lipinski definition) is 3. The maximum absolute atomic E-state index is 12.3. The number of amides is 1. The monoisotopic (exact) mass is 344 g/mol. The van der Waals surface area contributed by atoms with Gasteiger partial charge in [-0.2, -0.15) is 0 Å². The van der Waals surface area contributed by atoms with Crippen LogP contribution in [-0.4, -0.2) is 29.6 Å². The molecule has 0 radical (unpaired) electrons. The highest BCUT2D eigenvalue weighted by Gasteiger charge is 2.30. The van der Waals surface area contributed by atoms with Crippen molar-refractivity contribution in [2.75, 3.05) is 13.7 Å². The molecule has 1 aromatic rings. The normalized spacial score (nSPS) is 16.6. The predicted octanol–water partition coefficient (Wildman–Crippen LogP) is 3.47. The van der Waals surface area contributed by atoms with Gasteiger partial charge in [-0.15, -0.1) is 0 Å². The highest BCUT2D eigenvalue weighted by atomic mass is 35.5. The molecule has 1 aromatic carbocycles. The van der Waals surface area contributed by atoms with Gasteiger partial charge in [0.2, 0.25) is 0 Å². The summed E-state index contributed by atoms with van der Waals surface area (Å²) in [5.74, 6) is 0.294. The first-order valence-corrected chi connectivity index (χ1v) is 7.52. The van der Waals surface area contributed by atoms with E-state index in [4.69, 9.17) is 40.2 Å². The zero-order chi connectivity index (χ0) is 15.6. The minimum atomic E-state index is -0.167. The van der Waals surface area contributed by atoms with Crippen LogP contribution in [0.15, 0.2) is 17.8 Å². The Bertz CT molecular complexity index is 632. The number of hydrogen-bond donors (Lipinski definition) is 1. The van der Waals surface area contributed by atoms with Gasteiger partial charge in [0, 0.05) is 17.1 Å². The van der Waals surface area contributed by atoms with Gasteiger partial charge in [0.15, 0.2) is 5.11 Å². The SMILES string of the molecule is CCCN1C(=O)/C(=C/c2cc(Cl)cc(Cl)c2OC)NC1=S. The van der Waals surface area contributed by atoms with Gasteiger partial charge >= 0.3 is 0 Å². The number of ether oxygens (including phenoxy) is 1. The second-order valence-electron chi connectivity index (χ2n) is 4.46. The van der Waals surface area contributed by atoms with E-state index < -0.39 is 0 Å². The van der Waals surface area contributed by atoms with E-state index in [1.54, 1.807) is 18.2 Å². The lowest BCUT2D eigenvalue weighted by Crippen LogP contribution is -2.31. The van der Waals surface area contributed by atoms with Crippen molar-refractivity contribution in [2.45, 2.75) is 13.3 Å². The molecule has 1 heterocycles. The summed E-state index contributed by atoms with van der Waals surface area (Å²) in [7, 11) is 1.51. The van der Waals surface area contributed by atoms with E-state index >= 15 is 0 Å². The number of methoxy groups -OCH3 is 1. The Morgan fingerprint density at radius 1 is 1.43 bits per heavy atom. The largest absolute Gasteiger partial charge is 0.495 e. The van der Waals surface area contributed by atoms with E-state index in [2.05, 4.69) is 5.32 Å². The zero-order valence-electron chi connectivity index (χ0n) is 11.6. The Hall–Kier alpha value is -1.30. The number of carbonyl (C=O) groups excluding carboxylic acids is 1. The molecule has 1 fully saturated rings. The molecule has 0 bridgehead atoms. The fourth-order valence-electron chi connectivity index (χ4n) is 2.06. The van der Waals surface area contributed by atoms with Crippen LogP contribution < -0.4 is 10.1 Å². The van der Waals surface area contributed by atoms with E-state index in [1.807, 2.05) is 6.92 Å². The molecule has 21 heavy (non-hydrogen) atoms. The fraction of sp³-hybridized carbons (Fsp3) is 0.286. The number of nitrogens with one attached hydrogen (secondary N) is 1. The average Bonchev–Trinajstić information content (AvgIpc) is 2.66. The molecule has 1 aliphatic heterocycles. The maximum Gasteiger partial charge on any atom is 0.276 e. The highest BCUT2D eigenvalue weighted by molar-refractivity contribution is 7.80. The van der Waals surface area contributed by atoms with Gasteiger partial charge in [-0.3, -0.25) is 9.69 Å². The number of rotatable bonds is 4. The first-order valence-electron chi connectivity index (χ1n) is 6.35. The summed E-state index contributed by atoms with van der Waals surface area (Å²) in [6.07, 6.45) is 2.47. The summed E-state index contributed by atoms with van der Waals surface area (Å²) in [6, 6.07) is 3.27. The van der Waals surface area contributed by atoms with E-state index in [9.17, 15) is 4.79 Å². The lowest BCUT2D eigenvalue weighted by Gasteiger charge is -2.11. The second-order valence-corrected chi connectivity index (χ2v) is 5.69. The molecule has 1 aliphatic rings. The summed E-state index contributed by atoms with van der Waals surface area (Å²) in [6.45, 7) is 2.56. The molecule has 0 atom stereocenters. The van der Waals surface area contributed by atoms with Crippen molar-refractivity contribution < 1.29 is 9.53 Å². The first kappa shape index (κ1) is 16.1. The molecule has 0 aliphatic carbocycles. The lowest BCUT2D eigenvalue weighted by molar-refractivity contribution is -0.122. The first-order chi connectivity index (χ1) is 9.97. The lowest BCUT2D eigenvalue weighted by atomic mass is 10.1. The van der Waals surface area contributed by atoms with Gasteiger partial charge in [0.05, 0.1) is 12.1 Å². The second kappa shape index (κ2) is 6.64. The molecule has 1 N–H and O–H groups in total. The standard InChI is InChI=1S/C14H14Cl2N2O2S/c1-3-4-18-13(19)11(17-14(18)21)6-8-5-9(15)7-10(16)12(8)20-2/h5-7H,3-4H2,1-2H3,(H,17,21)/b11-6-. The van der Waals surface area contributed by atoms with Crippen molar-refractivity contribution in [3.8, 4) is 5.75 Å². The number of benzene rings is 1. The minimum absolute atomic E-state index is 0.167. The molecule has 4 nitrogen and oxygen atoms in total. The molecular formula is C14H14Cl2N2O2S. The van der Waals surface area contributed by atoms with Crippen LogP contribution in [0.25, 0.3) is 6.08 Å². The van der Waals surface area contributed by atoms with Crippen LogP contribution in [0.5, 0.6) is 5.75 Å². The third kappa shape index (κ3) is 3.31. The number of nitrogens with zero attached hydrogens (tertiary/aromatic N) is 1. The molecule has 0 spiro atoms. The Balaban J connectivity index is 2.41. The fourth-order valence-corrected chi connectivity index (χ4v) is 2.93. The zero-order valence-corrected chi connectivity index (χ0v) is 13.9. The van der Waals surface area contributed by atoms with Crippen LogP contribution in [0.4, 0.5) is 0 Å². The quantitative estimate of drug-likeness (QED) is 0.670. The maximum atomic E-state index is 12.3. The van der Waals surface area contributed by atoms with Gasteiger partial charge < -0.3 is 10.1 Å². The van der Waals surface area contributed by atoms with Crippen molar-refractivity contribution in [1.29, 1.82) is 0 Å². The topological polar surface area (TPSA) is 41.6 Å². The average molecular weight is 345 g/mol. The van der Waals surface area contributed by atoms with E-state index in [0.717, 1.165) is 6.42 Å². The number of halogens is 2. The summed E-state index contributed by atoms with van der Waals surface area (Å²) in [5.41, 5.74) is 0.997. The third-order valence-corrected chi connectivity index (χ3v) is 3.77. The molecular weight excluding hydrogens is 331 g/mol. The molecule has 0 saturated carbocycles. The Kier molecular flexibility index (Phi) is 5.08. The number of thiocarbonyl (C=S) groups is 1. The predicted molar refractivity (Wildman–Crippen MR) is 88.7 cm³/mol. The van der Waals surface area contributed by atoms with Gasteiger partial charge in [-0.1, -0.05) is 30.1 Å². The smallest absolute Gasteiger partial charge is 0.276 e. The molecule has 7 heteroatoms. The molecule has 112 valence electrons. The van der Waals surface area contributed by atoms with Crippen LogP contribution in [-0.2, 0) is 4.79 Å². The third-order valence-electron chi connectivity index (χ3n) is 2.95. The van der Waals surface area contributed by atoms with Crippen molar-refractivity contribution in [3.05, 3.63) is 33.4 Å². The molecule has 0 aromatic heterocycles. The van der Waals surface area contributed by atoms with Crippen molar-refractivity contribution in [3.63, 3.8) is 0 Å². The van der Waals surface area contributed by atoms with Gasteiger partial charge in [0.1, 0.15) is 11.4 Å². The van der Waals surface area contributed by atoms with Crippen LogP contribution >= 0.6 is 35.4 Å². The Labute approximate surface area is 138 Å². The van der Waals surface area contributed by atoms with Crippen LogP contribution in [0.3, 0.4) is 0 Å². The van der Waals surface area contributed by atoms with Crippen LogP contribution in [0, 0.1) is 0 Å². The van der Waals surface area contributed by atoms with Gasteiger partial charge in [-0.05, 0) is 36.8 Å². The summed E-state index contributed by atoms with van der Waals surface area (Å²) < 4.78 is 5.26. The van der Waals surface area contributed by atoms with Crippen LogP contribution in [0.2, 0.25) is 10.0 Å². The molecule has 2 rings (SSSR count). The Morgan fingerprint density at radius 3 is 2.76 bits per heavy atom. The van der Waals surface area contributed by atoms with Crippen LogP contribution in [0.1, 0.15) is 18.9 Å². The molecule has 1 saturated heterocycles. The van der Waals surface area contributed by atoms with Crippen molar-refractivity contribution in [2.24, 2.45) is 0 Å². The summed E-state index contributed by atoms with van der Waals surface area (Å²) in [4.78, 5) is 13.8. The highest BCUT2D eigenvalue weighted by Crippen LogP contribution is 2.33. The minimum Gasteiger partial charge on any atom is -0.495 e.